The van der Waals surface area contributed by atoms with Crippen molar-refractivity contribution in [2.24, 2.45) is 5.92 Å². The number of allylic oxidation sites excluding steroid dienone is 2. The zero-order chi connectivity index (χ0) is 15.2. The molecule has 118 valence electrons. The number of ketones is 1. The van der Waals surface area contributed by atoms with Crippen LogP contribution < -0.4 is 0 Å². The van der Waals surface area contributed by atoms with Crippen molar-refractivity contribution in [1.82, 2.24) is 0 Å². The molecule has 0 N–H and O–H groups in total. The van der Waals surface area contributed by atoms with Crippen molar-refractivity contribution < 1.29 is 14.3 Å². The summed E-state index contributed by atoms with van der Waals surface area (Å²) < 4.78 is 11.1. The fourth-order valence-electron chi connectivity index (χ4n) is 2.87. The minimum atomic E-state index is -0.113. The third-order valence-corrected chi connectivity index (χ3v) is 5.17. The van der Waals surface area contributed by atoms with Gasteiger partial charge >= 0.3 is 0 Å². The van der Waals surface area contributed by atoms with Gasteiger partial charge in [0.25, 0.3) is 0 Å². The van der Waals surface area contributed by atoms with Gasteiger partial charge in [-0.2, -0.15) is 0 Å². The molecule has 1 aliphatic heterocycles. The fourth-order valence-corrected chi connectivity index (χ4v) is 3.89. The average molecular weight is 318 g/mol. The quantitative estimate of drug-likeness (QED) is 0.815. The maximum atomic E-state index is 12.6. The van der Waals surface area contributed by atoms with E-state index in [1.165, 1.54) is 0 Å². The van der Waals surface area contributed by atoms with Gasteiger partial charge in [0.05, 0.1) is 18.1 Å². The molecule has 1 aromatic carbocycles. The molecule has 1 atom stereocenters. The van der Waals surface area contributed by atoms with E-state index in [2.05, 4.69) is 6.08 Å². The molecule has 0 spiro atoms. The Morgan fingerprint density at radius 1 is 1.09 bits per heavy atom. The molecule has 0 radical (unpaired) electrons. The van der Waals surface area contributed by atoms with Crippen molar-refractivity contribution in [3.63, 3.8) is 0 Å². The van der Waals surface area contributed by atoms with Crippen LogP contribution in [0.1, 0.15) is 32.1 Å². The molecule has 1 aromatic rings. The van der Waals surface area contributed by atoms with Crippen molar-refractivity contribution in [3.05, 3.63) is 41.3 Å². The highest BCUT2D eigenvalue weighted by Crippen LogP contribution is 2.35. The van der Waals surface area contributed by atoms with E-state index in [0.29, 0.717) is 0 Å². The van der Waals surface area contributed by atoms with Gasteiger partial charge in [-0.3, -0.25) is 4.79 Å². The number of thioether (sulfide) groups is 1. The Bertz CT molecular complexity index is 520. The largest absolute Gasteiger partial charge is 0.353 e. The lowest BCUT2D eigenvalue weighted by molar-refractivity contribution is -0.182. The van der Waals surface area contributed by atoms with Crippen LogP contribution in [0, 0.1) is 5.92 Å². The van der Waals surface area contributed by atoms with Crippen LogP contribution in [0.4, 0.5) is 0 Å². The van der Waals surface area contributed by atoms with Crippen LogP contribution in [-0.4, -0.2) is 25.3 Å². The topological polar surface area (TPSA) is 35.5 Å². The Kier molecular flexibility index (Phi) is 5.70. The first-order valence-corrected chi connectivity index (χ1v) is 8.85. The molecule has 3 nitrogen and oxygen atoms in total. The van der Waals surface area contributed by atoms with Crippen LogP contribution in [-0.2, 0) is 14.3 Å². The lowest BCUT2D eigenvalue weighted by atomic mass is 9.89. The molecule has 1 heterocycles. The average Bonchev–Trinajstić information content (AvgIpc) is 2.58. The maximum absolute atomic E-state index is 12.6. The summed E-state index contributed by atoms with van der Waals surface area (Å²) in [6, 6.07) is 10.1. The molecule has 1 unspecified atom stereocenters. The second kappa shape index (κ2) is 7.95. The van der Waals surface area contributed by atoms with Gasteiger partial charge in [-0.05, 0) is 44.2 Å². The number of carbonyl (C=O) groups is 1. The van der Waals surface area contributed by atoms with Crippen molar-refractivity contribution in [3.8, 4) is 0 Å². The SMILES string of the molecule is O=C1C(Sc2ccccc2)=CCCC1CCC1OCCCO1. The number of ether oxygens (including phenoxy) is 2. The number of hydrogen-bond donors (Lipinski definition) is 0. The lowest BCUT2D eigenvalue weighted by Crippen LogP contribution is -2.27. The van der Waals surface area contributed by atoms with E-state index in [1.807, 2.05) is 30.3 Å². The van der Waals surface area contributed by atoms with E-state index in [0.717, 1.165) is 55.1 Å². The van der Waals surface area contributed by atoms with Crippen molar-refractivity contribution in [2.45, 2.75) is 43.3 Å². The Labute approximate surface area is 136 Å². The summed E-state index contributed by atoms with van der Waals surface area (Å²) in [5, 5.41) is 0. The summed E-state index contributed by atoms with van der Waals surface area (Å²) in [4.78, 5) is 14.7. The van der Waals surface area contributed by atoms with Crippen LogP contribution in [0.2, 0.25) is 0 Å². The second-order valence-corrected chi connectivity index (χ2v) is 6.84. The van der Waals surface area contributed by atoms with Gasteiger partial charge in [-0.1, -0.05) is 36.0 Å². The third-order valence-electron chi connectivity index (χ3n) is 4.08. The molecule has 1 fully saturated rings. The molecule has 22 heavy (non-hydrogen) atoms. The van der Waals surface area contributed by atoms with E-state index < -0.39 is 0 Å². The summed E-state index contributed by atoms with van der Waals surface area (Å²) in [5.74, 6) is 0.404. The first kappa shape index (κ1) is 15.8. The van der Waals surface area contributed by atoms with Gasteiger partial charge in [0.15, 0.2) is 12.1 Å². The van der Waals surface area contributed by atoms with E-state index in [4.69, 9.17) is 9.47 Å². The van der Waals surface area contributed by atoms with Crippen LogP contribution in [0.3, 0.4) is 0 Å². The molecule has 0 amide bonds. The summed E-state index contributed by atoms with van der Waals surface area (Å²) in [7, 11) is 0. The van der Waals surface area contributed by atoms with Crippen molar-refractivity contribution in [2.75, 3.05) is 13.2 Å². The number of benzene rings is 1. The molecule has 0 bridgehead atoms. The number of hydrogen-bond acceptors (Lipinski definition) is 4. The highest BCUT2D eigenvalue weighted by Gasteiger charge is 2.27. The van der Waals surface area contributed by atoms with Gasteiger partial charge < -0.3 is 9.47 Å². The predicted molar refractivity (Wildman–Crippen MR) is 87.7 cm³/mol. The van der Waals surface area contributed by atoms with Crippen LogP contribution in [0.5, 0.6) is 0 Å². The highest BCUT2D eigenvalue weighted by atomic mass is 32.2. The maximum Gasteiger partial charge on any atom is 0.172 e. The van der Waals surface area contributed by atoms with E-state index in [1.54, 1.807) is 11.8 Å². The highest BCUT2D eigenvalue weighted by molar-refractivity contribution is 8.04. The fraction of sp³-hybridized carbons (Fsp3) is 0.500. The van der Waals surface area contributed by atoms with Gasteiger partial charge in [0, 0.05) is 10.8 Å². The van der Waals surface area contributed by atoms with E-state index in [-0.39, 0.29) is 18.0 Å². The van der Waals surface area contributed by atoms with Gasteiger partial charge in [0.2, 0.25) is 0 Å². The minimum Gasteiger partial charge on any atom is -0.353 e. The smallest absolute Gasteiger partial charge is 0.172 e. The van der Waals surface area contributed by atoms with Crippen molar-refractivity contribution >= 4 is 17.5 Å². The summed E-state index contributed by atoms with van der Waals surface area (Å²) in [5.41, 5.74) is 0. The minimum absolute atomic E-state index is 0.113. The summed E-state index contributed by atoms with van der Waals surface area (Å²) in [6.07, 6.45) is 6.56. The van der Waals surface area contributed by atoms with E-state index in [9.17, 15) is 4.79 Å². The second-order valence-electron chi connectivity index (χ2n) is 5.72. The van der Waals surface area contributed by atoms with E-state index >= 15 is 0 Å². The normalized spacial score (nSPS) is 23.4. The number of carbonyl (C=O) groups excluding carboxylic acids is 1. The van der Waals surface area contributed by atoms with Crippen LogP contribution >= 0.6 is 11.8 Å². The Morgan fingerprint density at radius 2 is 1.86 bits per heavy atom. The standard InChI is InChI=1S/C18H22O3S/c19-18-14(10-11-17-20-12-5-13-21-17)6-4-9-16(18)22-15-7-2-1-3-8-15/h1-3,7-9,14,17H,4-6,10-13H2. The Morgan fingerprint density at radius 3 is 2.64 bits per heavy atom. The van der Waals surface area contributed by atoms with Gasteiger partial charge in [0.1, 0.15) is 0 Å². The molecular formula is C18H22O3S. The monoisotopic (exact) mass is 318 g/mol. The molecule has 0 aromatic heterocycles. The first-order chi connectivity index (χ1) is 10.8. The Hall–Kier alpha value is -1.10. The molecule has 3 rings (SSSR count). The molecule has 0 saturated carbocycles. The molecule has 2 aliphatic rings. The van der Waals surface area contributed by atoms with Crippen LogP contribution in [0.15, 0.2) is 46.2 Å². The summed E-state index contributed by atoms with van der Waals surface area (Å²) >= 11 is 1.59. The molecule has 1 aliphatic carbocycles. The molecular weight excluding hydrogens is 296 g/mol. The lowest BCUT2D eigenvalue weighted by Gasteiger charge is -2.26. The Balaban J connectivity index is 1.54. The first-order valence-electron chi connectivity index (χ1n) is 8.03. The van der Waals surface area contributed by atoms with Crippen molar-refractivity contribution in [1.29, 1.82) is 0 Å². The summed E-state index contributed by atoms with van der Waals surface area (Å²) in [6.45, 7) is 1.55. The number of rotatable bonds is 5. The number of Topliss-reactive ketones (excluding diaryl/α,β-unsaturated/α-hetero) is 1. The molecule has 1 saturated heterocycles. The zero-order valence-corrected chi connectivity index (χ0v) is 13.5. The third kappa shape index (κ3) is 4.22. The predicted octanol–water partition coefficient (Wildman–Crippen LogP) is 4.18. The van der Waals surface area contributed by atoms with Crippen LogP contribution in [0.25, 0.3) is 0 Å². The zero-order valence-electron chi connectivity index (χ0n) is 12.7. The molecule has 4 heteroatoms. The van der Waals surface area contributed by atoms with Gasteiger partial charge in [-0.15, -0.1) is 0 Å². The van der Waals surface area contributed by atoms with Gasteiger partial charge in [-0.25, -0.2) is 0 Å².